The molecule has 0 rings (SSSR count). The number of hydrogen-bond acceptors (Lipinski definition) is 2. The number of allylic oxidation sites excluding steroid dienone is 6. The van der Waals surface area contributed by atoms with Crippen molar-refractivity contribution in [3.05, 3.63) is 36.5 Å². The van der Waals surface area contributed by atoms with Crippen molar-refractivity contribution in [2.45, 2.75) is 90.4 Å². The van der Waals surface area contributed by atoms with Gasteiger partial charge in [0.2, 0.25) is 0 Å². The number of hydrogen-bond donors (Lipinski definition) is 0. The summed E-state index contributed by atoms with van der Waals surface area (Å²) in [6.45, 7) is 2.24. The topological polar surface area (TPSA) is 26.3 Å². The SMILES string of the molecule is CCCCC/C=C/C/C=C/C/C=C/CCCCCCCC(=O)OC. The molecule has 0 atom stereocenters. The van der Waals surface area contributed by atoms with Gasteiger partial charge in [-0.2, -0.15) is 0 Å². The lowest BCUT2D eigenvalue weighted by Crippen LogP contribution is -1.98. The van der Waals surface area contributed by atoms with Crippen molar-refractivity contribution in [1.82, 2.24) is 0 Å². The Hall–Kier alpha value is -1.31. The molecule has 0 aromatic carbocycles. The van der Waals surface area contributed by atoms with E-state index in [1.165, 1.54) is 58.5 Å². The van der Waals surface area contributed by atoms with Crippen molar-refractivity contribution in [3.8, 4) is 0 Å². The van der Waals surface area contributed by atoms with E-state index in [0.717, 1.165) is 25.7 Å². The highest BCUT2D eigenvalue weighted by atomic mass is 16.5. The van der Waals surface area contributed by atoms with Gasteiger partial charge in [-0.25, -0.2) is 0 Å². The summed E-state index contributed by atoms with van der Waals surface area (Å²) in [6, 6.07) is 0. The van der Waals surface area contributed by atoms with Gasteiger partial charge in [-0.3, -0.25) is 4.79 Å². The summed E-state index contributed by atoms with van der Waals surface area (Å²) in [6.07, 6.45) is 28.5. The van der Waals surface area contributed by atoms with E-state index in [-0.39, 0.29) is 5.97 Å². The van der Waals surface area contributed by atoms with Crippen LogP contribution < -0.4 is 0 Å². The second-order valence-electron chi connectivity index (χ2n) is 6.26. The van der Waals surface area contributed by atoms with Crippen molar-refractivity contribution in [2.24, 2.45) is 0 Å². The van der Waals surface area contributed by atoms with E-state index < -0.39 is 0 Å². The van der Waals surface area contributed by atoms with Gasteiger partial charge < -0.3 is 4.74 Å². The van der Waals surface area contributed by atoms with Gasteiger partial charge in [0.05, 0.1) is 7.11 Å². The molecule has 0 aromatic rings. The minimum atomic E-state index is -0.0852. The van der Waals surface area contributed by atoms with Gasteiger partial charge in [-0.05, 0) is 44.9 Å². The second-order valence-corrected chi connectivity index (χ2v) is 6.26. The number of esters is 1. The van der Waals surface area contributed by atoms with E-state index >= 15 is 0 Å². The third kappa shape index (κ3) is 18.7. The lowest BCUT2D eigenvalue weighted by molar-refractivity contribution is -0.140. The van der Waals surface area contributed by atoms with Gasteiger partial charge in [-0.1, -0.05) is 75.5 Å². The van der Waals surface area contributed by atoms with Crippen LogP contribution in [0.25, 0.3) is 0 Å². The first-order chi connectivity index (χ1) is 11.8. The monoisotopic (exact) mass is 334 g/mol. The summed E-state index contributed by atoms with van der Waals surface area (Å²) in [5, 5.41) is 0. The summed E-state index contributed by atoms with van der Waals surface area (Å²) in [5.41, 5.74) is 0. The van der Waals surface area contributed by atoms with E-state index in [0.29, 0.717) is 6.42 Å². The molecule has 0 fully saturated rings. The van der Waals surface area contributed by atoms with Crippen LogP contribution in [0.4, 0.5) is 0 Å². The maximum absolute atomic E-state index is 10.9. The van der Waals surface area contributed by atoms with Crippen LogP contribution in [-0.2, 0) is 9.53 Å². The molecule has 0 aliphatic rings. The molecule has 0 heterocycles. The van der Waals surface area contributed by atoms with Crippen molar-refractivity contribution < 1.29 is 9.53 Å². The molecule has 0 saturated heterocycles. The lowest BCUT2D eigenvalue weighted by Gasteiger charge is -1.99. The van der Waals surface area contributed by atoms with Gasteiger partial charge in [0.15, 0.2) is 0 Å². The molecule has 2 nitrogen and oxygen atoms in total. The third-order valence-corrected chi connectivity index (χ3v) is 4.00. The minimum absolute atomic E-state index is 0.0852. The first kappa shape index (κ1) is 22.7. The Morgan fingerprint density at radius 1 is 0.708 bits per heavy atom. The average molecular weight is 335 g/mol. The molecule has 138 valence electrons. The Labute approximate surface area is 150 Å². The molecule has 0 amide bonds. The van der Waals surface area contributed by atoms with Crippen LogP contribution in [0.5, 0.6) is 0 Å². The van der Waals surface area contributed by atoms with Crippen molar-refractivity contribution in [3.63, 3.8) is 0 Å². The van der Waals surface area contributed by atoms with E-state index in [9.17, 15) is 4.79 Å². The van der Waals surface area contributed by atoms with Crippen LogP contribution in [-0.4, -0.2) is 13.1 Å². The lowest BCUT2D eigenvalue weighted by atomic mass is 10.1. The van der Waals surface area contributed by atoms with Crippen LogP contribution in [0.2, 0.25) is 0 Å². The van der Waals surface area contributed by atoms with Gasteiger partial charge in [0.1, 0.15) is 0 Å². The van der Waals surface area contributed by atoms with E-state index in [1.54, 1.807) is 0 Å². The summed E-state index contributed by atoms with van der Waals surface area (Å²) in [7, 11) is 1.45. The molecule has 0 bridgehead atoms. The summed E-state index contributed by atoms with van der Waals surface area (Å²) >= 11 is 0. The molecule has 0 aliphatic carbocycles. The highest BCUT2D eigenvalue weighted by Gasteiger charge is 1.98. The number of ether oxygens (including phenoxy) is 1. The molecule has 24 heavy (non-hydrogen) atoms. The number of methoxy groups -OCH3 is 1. The molecule has 0 aliphatic heterocycles. The van der Waals surface area contributed by atoms with Gasteiger partial charge in [-0.15, -0.1) is 0 Å². The van der Waals surface area contributed by atoms with Gasteiger partial charge >= 0.3 is 5.97 Å². The fraction of sp³-hybridized carbons (Fsp3) is 0.682. The number of carbonyl (C=O) groups excluding carboxylic acids is 1. The highest BCUT2D eigenvalue weighted by molar-refractivity contribution is 5.68. The maximum Gasteiger partial charge on any atom is 0.305 e. The number of rotatable bonds is 16. The number of carbonyl (C=O) groups is 1. The zero-order chi connectivity index (χ0) is 17.7. The van der Waals surface area contributed by atoms with E-state index in [4.69, 9.17) is 0 Å². The fourth-order valence-electron chi connectivity index (χ4n) is 2.45. The molecule has 0 aromatic heterocycles. The molecule has 0 spiro atoms. The first-order valence-electron chi connectivity index (χ1n) is 9.83. The number of unbranched alkanes of at least 4 members (excludes halogenated alkanes) is 8. The molecule has 2 heteroatoms. The molecule has 0 N–H and O–H groups in total. The smallest absolute Gasteiger partial charge is 0.305 e. The Bertz CT molecular complexity index is 353. The minimum Gasteiger partial charge on any atom is -0.469 e. The van der Waals surface area contributed by atoms with Gasteiger partial charge in [0.25, 0.3) is 0 Å². The maximum atomic E-state index is 10.9. The van der Waals surface area contributed by atoms with Crippen LogP contribution in [0.1, 0.15) is 90.4 Å². The zero-order valence-electron chi connectivity index (χ0n) is 16.0. The van der Waals surface area contributed by atoms with Crippen molar-refractivity contribution in [1.29, 1.82) is 0 Å². The van der Waals surface area contributed by atoms with E-state index in [2.05, 4.69) is 48.1 Å². The second kappa shape index (κ2) is 19.7. The largest absolute Gasteiger partial charge is 0.469 e. The predicted octanol–water partition coefficient (Wildman–Crippen LogP) is 6.92. The van der Waals surface area contributed by atoms with Crippen LogP contribution >= 0.6 is 0 Å². The molecular formula is C22H38O2. The predicted molar refractivity (Wildman–Crippen MR) is 105 cm³/mol. The van der Waals surface area contributed by atoms with Gasteiger partial charge in [0, 0.05) is 6.42 Å². The molecule has 0 unspecified atom stereocenters. The summed E-state index contributed by atoms with van der Waals surface area (Å²) in [5.74, 6) is -0.0852. The van der Waals surface area contributed by atoms with Crippen molar-refractivity contribution in [2.75, 3.05) is 7.11 Å². The Balaban J connectivity index is 3.29. The summed E-state index contributed by atoms with van der Waals surface area (Å²) < 4.78 is 4.63. The molecule has 0 radical (unpaired) electrons. The Morgan fingerprint density at radius 2 is 1.21 bits per heavy atom. The Morgan fingerprint density at radius 3 is 1.79 bits per heavy atom. The normalized spacial score (nSPS) is 11.9. The fourth-order valence-corrected chi connectivity index (χ4v) is 2.45. The zero-order valence-corrected chi connectivity index (χ0v) is 16.0. The average Bonchev–Trinajstić information content (AvgIpc) is 2.60. The quantitative estimate of drug-likeness (QED) is 0.174. The molecular weight excluding hydrogens is 296 g/mol. The standard InChI is InChI=1S/C22H38O2/c1-3-4-5-6-7-8-9-10-11-12-13-14-15-16-17-18-19-20-21-22(23)24-2/h7-8,10-11,13-14H,3-6,9,12,15-21H2,1-2H3/b8-7+,11-10+,14-13+. The Kier molecular flexibility index (Phi) is 18.7. The first-order valence-corrected chi connectivity index (χ1v) is 9.83. The van der Waals surface area contributed by atoms with Crippen LogP contribution in [0.3, 0.4) is 0 Å². The summed E-state index contributed by atoms with van der Waals surface area (Å²) in [4.78, 5) is 10.9. The molecule has 0 saturated carbocycles. The highest BCUT2D eigenvalue weighted by Crippen LogP contribution is 2.08. The van der Waals surface area contributed by atoms with Crippen LogP contribution in [0.15, 0.2) is 36.5 Å². The van der Waals surface area contributed by atoms with Crippen molar-refractivity contribution >= 4 is 5.97 Å². The van der Waals surface area contributed by atoms with Crippen LogP contribution in [0, 0.1) is 0 Å². The van der Waals surface area contributed by atoms with E-state index in [1.807, 2.05) is 0 Å². The third-order valence-electron chi connectivity index (χ3n) is 4.00.